The van der Waals surface area contributed by atoms with Crippen LogP contribution < -0.4 is 5.32 Å². The Bertz CT molecular complexity index is 202. The van der Waals surface area contributed by atoms with Crippen LogP contribution in [0.1, 0.15) is 65.7 Å². The van der Waals surface area contributed by atoms with E-state index in [0.29, 0.717) is 11.0 Å². The van der Waals surface area contributed by atoms with Crippen molar-refractivity contribution < 1.29 is 0 Å². The maximum atomic E-state index is 3.88. The first-order chi connectivity index (χ1) is 7.06. The first-order valence-electron chi connectivity index (χ1n) is 6.81. The minimum Gasteiger partial charge on any atom is -0.310 e. The SMILES string of the molecule is CC(C)(C)C1(C2CCCCC2)CCCN1. The van der Waals surface area contributed by atoms with Gasteiger partial charge in [0.2, 0.25) is 0 Å². The molecular weight excluding hydrogens is 182 g/mol. The molecule has 15 heavy (non-hydrogen) atoms. The summed E-state index contributed by atoms with van der Waals surface area (Å²) in [7, 11) is 0. The van der Waals surface area contributed by atoms with Gasteiger partial charge >= 0.3 is 0 Å². The predicted octanol–water partition coefficient (Wildman–Crippen LogP) is 3.74. The van der Waals surface area contributed by atoms with Gasteiger partial charge in [-0.05, 0) is 43.6 Å². The van der Waals surface area contributed by atoms with E-state index in [-0.39, 0.29) is 0 Å². The van der Waals surface area contributed by atoms with E-state index in [0.717, 1.165) is 5.92 Å². The van der Waals surface area contributed by atoms with Gasteiger partial charge < -0.3 is 5.32 Å². The van der Waals surface area contributed by atoms with Crippen molar-refractivity contribution in [3.63, 3.8) is 0 Å². The van der Waals surface area contributed by atoms with Crippen LogP contribution in [0.3, 0.4) is 0 Å². The van der Waals surface area contributed by atoms with Crippen LogP contribution in [-0.2, 0) is 0 Å². The molecule has 2 aliphatic rings. The topological polar surface area (TPSA) is 12.0 Å². The van der Waals surface area contributed by atoms with Crippen LogP contribution in [0.25, 0.3) is 0 Å². The van der Waals surface area contributed by atoms with Gasteiger partial charge in [-0.15, -0.1) is 0 Å². The second-order valence-corrected chi connectivity index (χ2v) is 6.59. The fraction of sp³-hybridized carbons (Fsp3) is 1.00. The van der Waals surface area contributed by atoms with Gasteiger partial charge in [0.05, 0.1) is 0 Å². The Morgan fingerprint density at radius 3 is 2.13 bits per heavy atom. The van der Waals surface area contributed by atoms with Crippen molar-refractivity contribution in [2.24, 2.45) is 11.3 Å². The number of hydrogen-bond acceptors (Lipinski definition) is 1. The highest BCUT2D eigenvalue weighted by Gasteiger charge is 2.49. The van der Waals surface area contributed by atoms with E-state index in [1.807, 2.05) is 0 Å². The van der Waals surface area contributed by atoms with Crippen LogP contribution in [0.2, 0.25) is 0 Å². The Morgan fingerprint density at radius 2 is 1.67 bits per heavy atom. The lowest BCUT2D eigenvalue weighted by Gasteiger charge is -2.49. The maximum absolute atomic E-state index is 3.88. The van der Waals surface area contributed by atoms with E-state index >= 15 is 0 Å². The molecule has 1 saturated heterocycles. The molecule has 0 spiro atoms. The minimum atomic E-state index is 0.422. The quantitative estimate of drug-likeness (QED) is 0.694. The van der Waals surface area contributed by atoms with Gasteiger partial charge in [0.1, 0.15) is 0 Å². The van der Waals surface area contributed by atoms with Gasteiger partial charge in [-0.3, -0.25) is 0 Å². The zero-order valence-electron chi connectivity index (χ0n) is 10.7. The summed E-state index contributed by atoms with van der Waals surface area (Å²) in [6.07, 6.45) is 10.1. The third kappa shape index (κ3) is 1.95. The summed E-state index contributed by atoms with van der Waals surface area (Å²) in [4.78, 5) is 0. The van der Waals surface area contributed by atoms with Crippen molar-refractivity contribution in [3.8, 4) is 0 Å². The zero-order valence-corrected chi connectivity index (χ0v) is 10.7. The lowest BCUT2D eigenvalue weighted by molar-refractivity contribution is 0.0635. The first kappa shape index (κ1) is 11.4. The second kappa shape index (κ2) is 4.08. The molecule has 1 unspecified atom stereocenters. The van der Waals surface area contributed by atoms with Crippen LogP contribution in [0.5, 0.6) is 0 Å². The molecule has 0 aromatic carbocycles. The molecule has 1 nitrogen and oxygen atoms in total. The Morgan fingerprint density at radius 1 is 1.00 bits per heavy atom. The molecule has 1 heteroatoms. The van der Waals surface area contributed by atoms with E-state index in [4.69, 9.17) is 0 Å². The molecule has 0 amide bonds. The number of nitrogens with one attached hydrogen (secondary N) is 1. The lowest BCUT2D eigenvalue weighted by Crippen LogP contribution is -2.56. The van der Waals surface area contributed by atoms with Gasteiger partial charge in [-0.25, -0.2) is 0 Å². The van der Waals surface area contributed by atoms with E-state index < -0.39 is 0 Å². The van der Waals surface area contributed by atoms with Gasteiger partial charge in [-0.1, -0.05) is 40.0 Å². The summed E-state index contributed by atoms with van der Waals surface area (Å²) in [5.41, 5.74) is 0.874. The van der Waals surface area contributed by atoms with Crippen LogP contribution >= 0.6 is 0 Å². The molecule has 1 N–H and O–H groups in total. The predicted molar refractivity (Wildman–Crippen MR) is 66.0 cm³/mol. The highest BCUT2D eigenvalue weighted by molar-refractivity contribution is 5.06. The molecular formula is C14H27N. The standard InChI is InChI=1S/C14H27N/c1-13(2,3)14(10-7-11-15-14)12-8-5-4-6-9-12/h12,15H,4-11H2,1-3H3. The summed E-state index contributed by atoms with van der Waals surface area (Å²) < 4.78 is 0. The molecule has 0 aromatic rings. The van der Waals surface area contributed by atoms with Crippen LogP contribution in [0, 0.1) is 11.3 Å². The number of hydrogen-bond donors (Lipinski definition) is 1. The largest absolute Gasteiger partial charge is 0.310 e. The van der Waals surface area contributed by atoms with E-state index in [1.165, 1.54) is 51.5 Å². The van der Waals surface area contributed by atoms with Gasteiger partial charge in [-0.2, -0.15) is 0 Å². The van der Waals surface area contributed by atoms with Crippen molar-refractivity contribution in [2.45, 2.75) is 71.3 Å². The summed E-state index contributed by atoms with van der Waals surface area (Å²) in [5.74, 6) is 0.939. The first-order valence-corrected chi connectivity index (χ1v) is 6.81. The van der Waals surface area contributed by atoms with Crippen LogP contribution in [0.15, 0.2) is 0 Å². The average molecular weight is 209 g/mol. The fourth-order valence-corrected chi connectivity index (χ4v) is 3.96. The van der Waals surface area contributed by atoms with Crippen molar-refractivity contribution in [1.82, 2.24) is 5.32 Å². The third-order valence-corrected chi connectivity index (χ3v) is 4.83. The highest BCUT2D eigenvalue weighted by atomic mass is 15.0. The molecule has 88 valence electrons. The minimum absolute atomic E-state index is 0.422. The number of rotatable bonds is 1. The smallest absolute Gasteiger partial charge is 0.0258 e. The molecule has 1 aliphatic carbocycles. The Labute approximate surface area is 95.0 Å². The van der Waals surface area contributed by atoms with Crippen molar-refractivity contribution in [2.75, 3.05) is 6.54 Å². The van der Waals surface area contributed by atoms with E-state index in [2.05, 4.69) is 26.1 Å². The lowest BCUT2D eigenvalue weighted by atomic mass is 9.61. The molecule has 1 aliphatic heterocycles. The summed E-state index contributed by atoms with van der Waals surface area (Å²) in [6, 6.07) is 0. The average Bonchev–Trinajstić information content (AvgIpc) is 2.68. The Balaban J connectivity index is 2.17. The van der Waals surface area contributed by atoms with Gasteiger partial charge in [0, 0.05) is 5.54 Å². The Hall–Kier alpha value is -0.0400. The molecule has 2 fully saturated rings. The molecule has 0 radical (unpaired) electrons. The Kier molecular flexibility index (Phi) is 3.12. The fourth-order valence-electron chi connectivity index (χ4n) is 3.96. The molecule has 1 heterocycles. The van der Waals surface area contributed by atoms with E-state index in [1.54, 1.807) is 0 Å². The van der Waals surface area contributed by atoms with Crippen molar-refractivity contribution in [3.05, 3.63) is 0 Å². The summed E-state index contributed by atoms with van der Waals surface area (Å²) >= 11 is 0. The summed E-state index contributed by atoms with van der Waals surface area (Å²) in [5, 5.41) is 3.88. The van der Waals surface area contributed by atoms with Crippen LogP contribution in [0.4, 0.5) is 0 Å². The van der Waals surface area contributed by atoms with Gasteiger partial charge in [0.25, 0.3) is 0 Å². The zero-order chi connectivity index (χ0) is 10.9. The molecule has 1 atom stereocenters. The monoisotopic (exact) mass is 209 g/mol. The van der Waals surface area contributed by atoms with Crippen molar-refractivity contribution in [1.29, 1.82) is 0 Å². The third-order valence-electron chi connectivity index (χ3n) is 4.83. The second-order valence-electron chi connectivity index (χ2n) is 6.59. The maximum Gasteiger partial charge on any atom is 0.0258 e. The highest BCUT2D eigenvalue weighted by Crippen LogP contribution is 2.47. The molecule has 0 bridgehead atoms. The summed E-state index contributed by atoms with van der Waals surface area (Å²) in [6.45, 7) is 8.54. The normalized spacial score (nSPS) is 34.6. The van der Waals surface area contributed by atoms with E-state index in [9.17, 15) is 0 Å². The van der Waals surface area contributed by atoms with Crippen molar-refractivity contribution >= 4 is 0 Å². The molecule has 0 aromatic heterocycles. The van der Waals surface area contributed by atoms with Gasteiger partial charge in [0.15, 0.2) is 0 Å². The molecule has 2 rings (SSSR count). The van der Waals surface area contributed by atoms with Crippen LogP contribution in [-0.4, -0.2) is 12.1 Å². The molecule has 1 saturated carbocycles.